The van der Waals surface area contributed by atoms with Crippen LogP contribution in [0.1, 0.15) is 23.7 Å². The predicted molar refractivity (Wildman–Crippen MR) is 117 cm³/mol. The number of hydrazine groups is 1. The van der Waals surface area contributed by atoms with Crippen LogP contribution < -0.4 is 10.7 Å². The second-order valence-electron chi connectivity index (χ2n) is 6.43. The summed E-state index contributed by atoms with van der Waals surface area (Å²) in [6.07, 6.45) is -0.315. The standard InChI is InChI=1S/C20H18BrFN4O3S/c1-2-25-19(29)16(11-17(27)23-15-6-4-3-5-14(15)22)26(20(25)30)24-18(28)12-7-9-13(21)10-8-12/h3-10,16H,2,11H2,1H3,(H,23,27)(H,24,28). The first kappa shape index (κ1) is 21.8. The van der Waals surface area contributed by atoms with Crippen LogP contribution in [0.4, 0.5) is 10.1 Å². The van der Waals surface area contributed by atoms with Crippen molar-refractivity contribution in [2.24, 2.45) is 0 Å². The number of rotatable bonds is 6. The fourth-order valence-electron chi connectivity index (χ4n) is 2.96. The lowest BCUT2D eigenvalue weighted by molar-refractivity contribution is -0.130. The molecule has 0 saturated carbocycles. The van der Waals surface area contributed by atoms with Gasteiger partial charge in [-0.15, -0.1) is 0 Å². The summed E-state index contributed by atoms with van der Waals surface area (Å²) in [6.45, 7) is 2.02. The summed E-state index contributed by atoms with van der Waals surface area (Å²) in [5.74, 6) is -2.06. The average molecular weight is 493 g/mol. The molecule has 1 aliphatic heterocycles. The Hall–Kier alpha value is -2.85. The first-order valence-corrected chi connectivity index (χ1v) is 10.3. The second-order valence-corrected chi connectivity index (χ2v) is 7.71. The number of halogens is 2. The summed E-state index contributed by atoms with van der Waals surface area (Å²) in [4.78, 5) is 39.2. The molecule has 0 aromatic heterocycles. The molecule has 1 heterocycles. The summed E-state index contributed by atoms with van der Waals surface area (Å²) >= 11 is 8.63. The monoisotopic (exact) mass is 492 g/mol. The number of likely N-dealkylation sites (N-methyl/N-ethyl adjacent to an activating group) is 1. The van der Waals surface area contributed by atoms with Crippen molar-refractivity contribution in [3.05, 3.63) is 64.4 Å². The van der Waals surface area contributed by atoms with Crippen molar-refractivity contribution in [2.45, 2.75) is 19.4 Å². The van der Waals surface area contributed by atoms with E-state index < -0.39 is 29.6 Å². The van der Waals surface area contributed by atoms with Crippen LogP contribution in [-0.4, -0.2) is 45.3 Å². The Balaban J connectivity index is 1.77. The van der Waals surface area contributed by atoms with Gasteiger partial charge < -0.3 is 5.32 Å². The number of carbonyl (C=O) groups is 3. The van der Waals surface area contributed by atoms with Crippen LogP contribution in [0.3, 0.4) is 0 Å². The Bertz CT molecular complexity index is 1000. The van der Waals surface area contributed by atoms with Crippen LogP contribution in [0, 0.1) is 5.82 Å². The zero-order valence-electron chi connectivity index (χ0n) is 15.9. The molecule has 2 aromatic carbocycles. The third kappa shape index (κ3) is 4.65. The molecule has 156 valence electrons. The fourth-order valence-corrected chi connectivity index (χ4v) is 3.61. The minimum absolute atomic E-state index is 0.00770. The zero-order valence-corrected chi connectivity index (χ0v) is 18.3. The molecule has 0 spiro atoms. The van der Waals surface area contributed by atoms with E-state index in [0.29, 0.717) is 5.56 Å². The van der Waals surface area contributed by atoms with Crippen molar-refractivity contribution in [1.82, 2.24) is 15.3 Å². The van der Waals surface area contributed by atoms with Gasteiger partial charge in [-0.2, -0.15) is 0 Å². The maximum Gasteiger partial charge on any atom is 0.269 e. The highest BCUT2D eigenvalue weighted by atomic mass is 79.9. The molecule has 0 aliphatic carbocycles. The maximum atomic E-state index is 13.8. The number of nitrogens with zero attached hydrogens (tertiary/aromatic N) is 2. The highest BCUT2D eigenvalue weighted by Crippen LogP contribution is 2.21. The molecule has 1 aliphatic rings. The number of hydrogen-bond acceptors (Lipinski definition) is 4. The Morgan fingerprint density at radius 3 is 2.47 bits per heavy atom. The van der Waals surface area contributed by atoms with Gasteiger partial charge in [0.25, 0.3) is 11.8 Å². The zero-order chi connectivity index (χ0) is 21.8. The Labute approximate surface area is 186 Å². The Kier molecular flexibility index (Phi) is 6.78. The summed E-state index contributed by atoms with van der Waals surface area (Å²) in [7, 11) is 0. The van der Waals surface area contributed by atoms with E-state index in [1.54, 1.807) is 37.3 Å². The summed E-state index contributed by atoms with van der Waals surface area (Å²) in [6, 6.07) is 11.3. The van der Waals surface area contributed by atoms with Crippen molar-refractivity contribution in [3.8, 4) is 0 Å². The molecule has 10 heteroatoms. The fraction of sp³-hybridized carbons (Fsp3) is 0.200. The summed E-state index contributed by atoms with van der Waals surface area (Å²) < 4.78 is 14.6. The van der Waals surface area contributed by atoms with E-state index in [0.717, 1.165) is 4.47 Å². The predicted octanol–water partition coefficient (Wildman–Crippen LogP) is 3.08. The molecule has 2 N–H and O–H groups in total. The number of nitrogens with one attached hydrogen (secondary N) is 2. The third-order valence-electron chi connectivity index (χ3n) is 4.47. The minimum atomic E-state index is -1.04. The van der Waals surface area contributed by atoms with E-state index in [9.17, 15) is 18.8 Å². The van der Waals surface area contributed by atoms with E-state index in [-0.39, 0.29) is 23.8 Å². The van der Waals surface area contributed by atoms with Gasteiger partial charge in [-0.25, -0.2) is 9.40 Å². The molecule has 0 radical (unpaired) electrons. The molecule has 1 unspecified atom stereocenters. The van der Waals surface area contributed by atoms with Crippen LogP contribution >= 0.6 is 28.1 Å². The number of anilines is 1. The van der Waals surface area contributed by atoms with Crippen LogP contribution in [0.25, 0.3) is 0 Å². The first-order chi connectivity index (χ1) is 14.3. The largest absolute Gasteiger partial charge is 0.324 e. The van der Waals surface area contributed by atoms with Gasteiger partial charge in [0.05, 0.1) is 12.1 Å². The van der Waals surface area contributed by atoms with Crippen molar-refractivity contribution in [1.29, 1.82) is 0 Å². The SMILES string of the molecule is CCN1C(=O)C(CC(=O)Nc2ccccc2F)N(NC(=O)c2ccc(Br)cc2)C1=S. The highest BCUT2D eigenvalue weighted by Gasteiger charge is 2.43. The van der Waals surface area contributed by atoms with Crippen LogP contribution in [0.5, 0.6) is 0 Å². The molecule has 0 bridgehead atoms. The molecule has 3 rings (SSSR count). The van der Waals surface area contributed by atoms with Crippen molar-refractivity contribution >= 4 is 56.7 Å². The maximum absolute atomic E-state index is 13.8. The number of hydrogen-bond donors (Lipinski definition) is 2. The smallest absolute Gasteiger partial charge is 0.269 e. The van der Waals surface area contributed by atoms with Gasteiger partial charge in [0.2, 0.25) is 5.91 Å². The molecule has 7 nitrogen and oxygen atoms in total. The normalized spacial score (nSPS) is 16.0. The number of para-hydroxylation sites is 1. The molecule has 30 heavy (non-hydrogen) atoms. The van der Waals surface area contributed by atoms with Crippen LogP contribution in [0.2, 0.25) is 0 Å². The van der Waals surface area contributed by atoms with Gasteiger partial charge in [-0.3, -0.25) is 24.7 Å². The number of carbonyl (C=O) groups excluding carboxylic acids is 3. The number of thiocarbonyl (C=S) groups is 1. The lowest BCUT2D eigenvalue weighted by Gasteiger charge is -2.24. The van der Waals surface area contributed by atoms with Crippen LogP contribution in [-0.2, 0) is 9.59 Å². The van der Waals surface area contributed by atoms with Gasteiger partial charge in [0.15, 0.2) is 5.11 Å². The Morgan fingerprint density at radius 2 is 1.83 bits per heavy atom. The van der Waals surface area contributed by atoms with E-state index >= 15 is 0 Å². The topological polar surface area (TPSA) is 81.8 Å². The third-order valence-corrected chi connectivity index (χ3v) is 5.42. The van der Waals surface area contributed by atoms with Crippen molar-refractivity contribution < 1.29 is 18.8 Å². The number of benzene rings is 2. The molecule has 2 aromatic rings. The minimum Gasteiger partial charge on any atom is -0.324 e. The number of amides is 3. The summed E-state index contributed by atoms with van der Waals surface area (Å²) in [5, 5.41) is 3.75. The molecular weight excluding hydrogens is 475 g/mol. The van der Waals surface area contributed by atoms with Crippen molar-refractivity contribution in [2.75, 3.05) is 11.9 Å². The lowest BCUT2D eigenvalue weighted by atomic mass is 10.1. The second kappa shape index (κ2) is 9.31. The highest BCUT2D eigenvalue weighted by molar-refractivity contribution is 9.10. The average Bonchev–Trinajstić information content (AvgIpc) is 2.93. The van der Waals surface area contributed by atoms with E-state index in [1.165, 1.54) is 28.1 Å². The molecule has 3 amide bonds. The lowest BCUT2D eigenvalue weighted by Crippen LogP contribution is -2.49. The molecule has 1 saturated heterocycles. The molecule has 1 atom stereocenters. The summed E-state index contributed by atoms with van der Waals surface area (Å²) in [5.41, 5.74) is 2.98. The quantitative estimate of drug-likeness (QED) is 0.605. The van der Waals surface area contributed by atoms with Gasteiger partial charge >= 0.3 is 0 Å². The molecular formula is C20H18BrFN4O3S. The Morgan fingerprint density at radius 1 is 1.17 bits per heavy atom. The van der Waals surface area contributed by atoms with Gasteiger partial charge in [-0.05, 0) is 55.5 Å². The van der Waals surface area contributed by atoms with E-state index in [2.05, 4.69) is 26.7 Å². The first-order valence-electron chi connectivity index (χ1n) is 9.07. The van der Waals surface area contributed by atoms with Gasteiger partial charge in [0.1, 0.15) is 11.9 Å². The van der Waals surface area contributed by atoms with Gasteiger partial charge in [0, 0.05) is 16.6 Å². The molecule has 1 fully saturated rings. The van der Waals surface area contributed by atoms with Crippen molar-refractivity contribution in [3.63, 3.8) is 0 Å². The van der Waals surface area contributed by atoms with E-state index in [4.69, 9.17) is 12.2 Å². The van der Waals surface area contributed by atoms with Gasteiger partial charge in [-0.1, -0.05) is 28.1 Å². The van der Waals surface area contributed by atoms with Crippen LogP contribution in [0.15, 0.2) is 53.0 Å². The van der Waals surface area contributed by atoms with E-state index in [1.807, 2.05) is 0 Å².